The van der Waals surface area contributed by atoms with Crippen LogP contribution in [-0.2, 0) is 7.05 Å². The van der Waals surface area contributed by atoms with Crippen LogP contribution < -0.4 is 20.7 Å². The molecule has 136 valence electrons. The lowest BCUT2D eigenvalue weighted by atomic mass is 10.1. The minimum atomic E-state index is -0.225. The van der Waals surface area contributed by atoms with Gasteiger partial charge in [0.1, 0.15) is 11.6 Å². The van der Waals surface area contributed by atoms with Crippen LogP contribution in [0.2, 0.25) is 0 Å². The maximum atomic E-state index is 12.8. The van der Waals surface area contributed by atoms with Gasteiger partial charge in [0.2, 0.25) is 0 Å². The van der Waals surface area contributed by atoms with E-state index >= 15 is 0 Å². The highest BCUT2D eigenvalue weighted by atomic mass is 16.1. The Bertz CT molecular complexity index is 930. The van der Waals surface area contributed by atoms with Crippen molar-refractivity contribution in [3.05, 3.63) is 34.1 Å². The number of hydrogen-bond donors (Lipinski definition) is 1. The molecule has 0 aliphatic carbocycles. The molecule has 0 radical (unpaired) electrons. The number of fused-ring (bicyclic) bond motifs is 1. The summed E-state index contributed by atoms with van der Waals surface area (Å²) in [6.07, 6.45) is 0. The summed E-state index contributed by atoms with van der Waals surface area (Å²) in [5.41, 5.74) is 2.79. The first-order valence-electron chi connectivity index (χ1n) is 9.06. The fourth-order valence-electron chi connectivity index (χ4n) is 3.90. The number of rotatable bonds is 2. The van der Waals surface area contributed by atoms with E-state index in [0.717, 1.165) is 61.5 Å². The molecule has 2 aliphatic heterocycles. The predicted molar refractivity (Wildman–Crippen MR) is 104 cm³/mol. The maximum Gasteiger partial charge on any atom is 0.270 e. The third-order valence-corrected chi connectivity index (χ3v) is 5.51. The molecule has 2 aromatic rings. The molecule has 1 aromatic heterocycles. The fourth-order valence-corrected chi connectivity index (χ4v) is 3.90. The highest BCUT2D eigenvalue weighted by Crippen LogP contribution is 2.31. The third-order valence-electron chi connectivity index (χ3n) is 5.51. The SMILES string of the molecule is CN1CCN(c2ccc3c(N4CCNC4)c(C#N)c(=O)n(C)c3c2)CC1. The molecule has 0 atom stereocenters. The van der Waals surface area contributed by atoms with Crippen molar-refractivity contribution < 1.29 is 0 Å². The molecule has 0 spiro atoms. The van der Waals surface area contributed by atoms with E-state index in [1.807, 2.05) is 0 Å². The van der Waals surface area contributed by atoms with Crippen molar-refractivity contribution >= 4 is 22.3 Å². The quantitative estimate of drug-likeness (QED) is 0.850. The molecule has 26 heavy (non-hydrogen) atoms. The van der Waals surface area contributed by atoms with Crippen LogP contribution >= 0.6 is 0 Å². The van der Waals surface area contributed by atoms with Gasteiger partial charge >= 0.3 is 0 Å². The summed E-state index contributed by atoms with van der Waals surface area (Å²) in [5.74, 6) is 0. The van der Waals surface area contributed by atoms with Crippen LogP contribution in [0, 0.1) is 11.3 Å². The zero-order chi connectivity index (χ0) is 18.3. The Morgan fingerprint density at radius 1 is 1.08 bits per heavy atom. The van der Waals surface area contributed by atoms with Gasteiger partial charge < -0.3 is 19.3 Å². The van der Waals surface area contributed by atoms with Crippen LogP contribution in [0.1, 0.15) is 5.56 Å². The predicted octanol–water partition coefficient (Wildman–Crippen LogP) is 0.529. The van der Waals surface area contributed by atoms with Gasteiger partial charge in [-0.2, -0.15) is 5.26 Å². The second kappa shape index (κ2) is 6.63. The first-order valence-corrected chi connectivity index (χ1v) is 9.06. The summed E-state index contributed by atoms with van der Waals surface area (Å²) < 4.78 is 1.61. The van der Waals surface area contributed by atoms with Gasteiger partial charge in [-0.1, -0.05) is 0 Å². The number of anilines is 2. The third kappa shape index (κ3) is 2.71. The average Bonchev–Trinajstić information content (AvgIpc) is 3.19. The summed E-state index contributed by atoms with van der Waals surface area (Å²) in [5, 5.41) is 13.8. The van der Waals surface area contributed by atoms with Gasteiger partial charge in [-0.15, -0.1) is 0 Å². The zero-order valence-corrected chi connectivity index (χ0v) is 15.3. The molecule has 1 aromatic carbocycles. The lowest BCUT2D eigenvalue weighted by molar-refractivity contribution is 0.313. The minimum absolute atomic E-state index is 0.225. The Morgan fingerprint density at radius 2 is 1.85 bits per heavy atom. The van der Waals surface area contributed by atoms with Crippen LogP contribution in [0.25, 0.3) is 10.9 Å². The van der Waals surface area contributed by atoms with E-state index in [1.54, 1.807) is 11.6 Å². The van der Waals surface area contributed by atoms with Crippen LogP contribution in [0.4, 0.5) is 11.4 Å². The molecule has 2 saturated heterocycles. The molecule has 1 N–H and O–H groups in total. The van der Waals surface area contributed by atoms with E-state index in [2.05, 4.69) is 51.3 Å². The number of nitriles is 1. The number of aromatic nitrogens is 1. The molecular weight excluding hydrogens is 328 g/mol. The standard InChI is InChI=1S/C19H24N6O/c1-22-7-9-24(10-8-22)14-3-4-15-17(11-14)23(2)19(26)16(12-20)18(15)25-6-5-21-13-25/h3-4,11,21H,5-10,13H2,1-2H3. The number of nitrogens with one attached hydrogen (secondary N) is 1. The first-order chi connectivity index (χ1) is 12.6. The van der Waals surface area contributed by atoms with Crippen LogP contribution in [0.3, 0.4) is 0 Å². The Hall–Kier alpha value is -2.56. The van der Waals surface area contributed by atoms with Gasteiger partial charge in [-0.05, 0) is 25.2 Å². The number of benzene rings is 1. The van der Waals surface area contributed by atoms with Crippen LogP contribution in [-0.4, -0.2) is 62.5 Å². The molecular formula is C19H24N6O. The van der Waals surface area contributed by atoms with Crippen molar-refractivity contribution in [2.24, 2.45) is 7.05 Å². The van der Waals surface area contributed by atoms with Crippen molar-refractivity contribution in [3.63, 3.8) is 0 Å². The van der Waals surface area contributed by atoms with E-state index in [-0.39, 0.29) is 11.1 Å². The number of aryl methyl sites for hydroxylation is 1. The van der Waals surface area contributed by atoms with Crippen molar-refractivity contribution in [2.45, 2.75) is 0 Å². The van der Waals surface area contributed by atoms with Gasteiger partial charge in [-0.25, -0.2) is 0 Å². The van der Waals surface area contributed by atoms with Crippen molar-refractivity contribution in [1.82, 2.24) is 14.8 Å². The molecule has 0 saturated carbocycles. The highest BCUT2D eigenvalue weighted by Gasteiger charge is 2.23. The lowest BCUT2D eigenvalue weighted by Gasteiger charge is -2.34. The minimum Gasteiger partial charge on any atom is -0.369 e. The summed E-state index contributed by atoms with van der Waals surface area (Å²) in [4.78, 5) is 19.6. The van der Waals surface area contributed by atoms with Crippen molar-refractivity contribution in [1.29, 1.82) is 5.26 Å². The molecule has 3 heterocycles. The highest BCUT2D eigenvalue weighted by molar-refractivity contribution is 5.96. The van der Waals surface area contributed by atoms with E-state index in [0.29, 0.717) is 6.67 Å². The van der Waals surface area contributed by atoms with Gasteiger partial charge in [0, 0.05) is 57.4 Å². The monoisotopic (exact) mass is 352 g/mol. The largest absolute Gasteiger partial charge is 0.369 e. The molecule has 4 rings (SSSR count). The molecule has 0 unspecified atom stereocenters. The molecule has 7 nitrogen and oxygen atoms in total. The lowest BCUT2D eigenvalue weighted by Crippen LogP contribution is -2.44. The van der Waals surface area contributed by atoms with E-state index in [4.69, 9.17) is 0 Å². The smallest absolute Gasteiger partial charge is 0.270 e. The van der Waals surface area contributed by atoms with Gasteiger partial charge in [0.05, 0.1) is 17.9 Å². The number of nitrogens with zero attached hydrogens (tertiary/aromatic N) is 5. The summed E-state index contributed by atoms with van der Waals surface area (Å²) in [7, 11) is 3.90. The Morgan fingerprint density at radius 3 is 2.50 bits per heavy atom. The van der Waals surface area contributed by atoms with Crippen molar-refractivity contribution in [2.75, 3.05) is 62.8 Å². The Labute approximate surface area is 153 Å². The second-order valence-corrected chi connectivity index (χ2v) is 7.11. The fraction of sp³-hybridized carbons (Fsp3) is 0.474. The number of hydrogen-bond acceptors (Lipinski definition) is 6. The second-order valence-electron chi connectivity index (χ2n) is 7.11. The van der Waals surface area contributed by atoms with Gasteiger partial charge in [-0.3, -0.25) is 10.1 Å². The normalized spacial score (nSPS) is 18.5. The van der Waals surface area contributed by atoms with Crippen molar-refractivity contribution in [3.8, 4) is 6.07 Å². The molecule has 0 bridgehead atoms. The Balaban J connectivity index is 1.87. The van der Waals surface area contributed by atoms with Crippen LogP contribution in [0.5, 0.6) is 0 Å². The number of piperazine rings is 1. The molecule has 2 fully saturated rings. The van der Waals surface area contributed by atoms with Gasteiger partial charge in [0.15, 0.2) is 0 Å². The summed E-state index contributed by atoms with van der Waals surface area (Å²) in [6, 6.07) is 8.42. The average molecular weight is 352 g/mol. The number of pyridine rings is 1. The summed E-state index contributed by atoms with van der Waals surface area (Å²) >= 11 is 0. The first kappa shape index (κ1) is 16.9. The van der Waals surface area contributed by atoms with E-state index in [1.165, 1.54) is 0 Å². The topological polar surface area (TPSA) is 67.5 Å². The molecule has 7 heteroatoms. The zero-order valence-electron chi connectivity index (χ0n) is 15.3. The molecule has 2 aliphatic rings. The van der Waals surface area contributed by atoms with E-state index < -0.39 is 0 Å². The molecule has 0 amide bonds. The van der Waals surface area contributed by atoms with E-state index in [9.17, 15) is 10.1 Å². The Kier molecular flexibility index (Phi) is 4.31. The van der Waals surface area contributed by atoms with Crippen LogP contribution in [0.15, 0.2) is 23.0 Å². The summed E-state index contributed by atoms with van der Waals surface area (Å²) in [6.45, 7) is 6.36. The maximum absolute atomic E-state index is 12.8. The number of likely N-dealkylation sites (N-methyl/N-ethyl adjacent to an activating group) is 1. The van der Waals surface area contributed by atoms with Gasteiger partial charge in [0.25, 0.3) is 5.56 Å².